The predicted octanol–water partition coefficient (Wildman–Crippen LogP) is 7.22. The lowest BCUT2D eigenvalue weighted by atomic mass is 10.3. The van der Waals surface area contributed by atoms with Crippen LogP contribution in [0.3, 0.4) is 0 Å². The molecule has 0 heterocycles. The smallest absolute Gasteiger partial charge is 0.344 e. The SMILES string of the molecule is CO[Si](OC)(C1CCCC1)C1CCCC1.CO[Si](OC)(C1CCCC1)C1CCCC1. The van der Waals surface area contributed by atoms with E-state index in [1.54, 1.807) is 0 Å². The predicted molar refractivity (Wildman–Crippen MR) is 128 cm³/mol. The first-order chi connectivity index (χ1) is 14.7. The van der Waals surface area contributed by atoms with Gasteiger partial charge < -0.3 is 17.7 Å². The lowest BCUT2D eigenvalue weighted by Gasteiger charge is -2.37. The second-order valence-electron chi connectivity index (χ2n) is 10.2. The van der Waals surface area contributed by atoms with Crippen LogP contribution in [0.2, 0.25) is 22.2 Å². The van der Waals surface area contributed by atoms with Crippen molar-refractivity contribution >= 4 is 17.1 Å². The normalized spacial score (nSPS) is 25.2. The fourth-order valence-electron chi connectivity index (χ4n) is 7.48. The molecule has 0 unspecified atom stereocenters. The minimum atomic E-state index is -1.88. The maximum absolute atomic E-state index is 5.97. The summed E-state index contributed by atoms with van der Waals surface area (Å²) in [5.41, 5.74) is 3.09. The molecular formula is C24H48O4Si2. The summed E-state index contributed by atoms with van der Waals surface area (Å²) in [6.07, 6.45) is 21.9. The van der Waals surface area contributed by atoms with Crippen LogP contribution < -0.4 is 0 Å². The van der Waals surface area contributed by atoms with E-state index in [2.05, 4.69) is 0 Å². The van der Waals surface area contributed by atoms with Crippen molar-refractivity contribution < 1.29 is 17.7 Å². The Morgan fingerprint density at radius 2 is 0.533 bits per heavy atom. The fraction of sp³-hybridized carbons (Fsp3) is 1.00. The molecule has 0 bridgehead atoms. The van der Waals surface area contributed by atoms with Crippen LogP contribution in [0.25, 0.3) is 0 Å². The van der Waals surface area contributed by atoms with Gasteiger partial charge in [-0.1, -0.05) is 51.4 Å². The highest BCUT2D eigenvalue weighted by atomic mass is 28.4. The Kier molecular flexibility index (Phi) is 9.91. The molecule has 30 heavy (non-hydrogen) atoms. The van der Waals surface area contributed by atoms with Gasteiger partial charge in [-0.05, 0) is 51.4 Å². The van der Waals surface area contributed by atoms with Crippen molar-refractivity contribution in [3.63, 3.8) is 0 Å². The standard InChI is InChI=1S/2C12H24O2Si/c2*1-13-15(14-2,11-7-3-4-8-11)12-9-5-6-10-12/h2*11-12H,3-10H2,1-2H3. The van der Waals surface area contributed by atoms with Crippen molar-refractivity contribution in [3.05, 3.63) is 0 Å². The van der Waals surface area contributed by atoms with Crippen LogP contribution in [0, 0.1) is 0 Å². The lowest BCUT2D eigenvalue weighted by molar-refractivity contribution is 0.214. The number of hydrogen-bond donors (Lipinski definition) is 0. The third-order valence-corrected chi connectivity index (χ3v) is 18.4. The van der Waals surface area contributed by atoms with Gasteiger partial charge >= 0.3 is 17.1 Å². The van der Waals surface area contributed by atoms with Crippen LogP contribution in [0.5, 0.6) is 0 Å². The molecular weight excluding hydrogens is 408 g/mol. The third-order valence-electron chi connectivity index (χ3n) is 8.97. The van der Waals surface area contributed by atoms with E-state index in [9.17, 15) is 0 Å². The molecule has 4 fully saturated rings. The van der Waals surface area contributed by atoms with Gasteiger partial charge in [-0.15, -0.1) is 0 Å². The molecule has 4 aliphatic rings. The minimum absolute atomic E-state index is 0.774. The second-order valence-corrected chi connectivity index (χ2v) is 18.0. The Balaban J connectivity index is 0.000000171. The van der Waals surface area contributed by atoms with E-state index in [-0.39, 0.29) is 0 Å². The van der Waals surface area contributed by atoms with Gasteiger partial charge in [0, 0.05) is 50.6 Å². The van der Waals surface area contributed by atoms with E-state index < -0.39 is 17.1 Å². The molecule has 0 aromatic heterocycles. The zero-order valence-electron chi connectivity index (χ0n) is 20.3. The lowest BCUT2D eigenvalue weighted by Crippen LogP contribution is -2.48. The van der Waals surface area contributed by atoms with Crippen molar-refractivity contribution in [1.82, 2.24) is 0 Å². The highest BCUT2D eigenvalue weighted by molar-refractivity contribution is 6.71. The maximum atomic E-state index is 5.97. The highest BCUT2D eigenvalue weighted by Crippen LogP contribution is 2.51. The summed E-state index contributed by atoms with van der Waals surface area (Å²) in [6.45, 7) is 0. The van der Waals surface area contributed by atoms with Gasteiger partial charge in [0.1, 0.15) is 0 Å². The summed E-state index contributed by atoms with van der Waals surface area (Å²) < 4.78 is 23.9. The minimum Gasteiger partial charge on any atom is -0.397 e. The van der Waals surface area contributed by atoms with Gasteiger partial charge in [-0.25, -0.2) is 0 Å². The van der Waals surface area contributed by atoms with Gasteiger partial charge in [-0.2, -0.15) is 0 Å². The zero-order chi connectivity index (χ0) is 21.5. The van der Waals surface area contributed by atoms with Crippen molar-refractivity contribution in [2.24, 2.45) is 0 Å². The summed E-state index contributed by atoms with van der Waals surface area (Å²) in [5, 5.41) is 0. The Labute approximate surface area is 188 Å². The molecule has 0 aromatic carbocycles. The van der Waals surface area contributed by atoms with Crippen LogP contribution in [-0.4, -0.2) is 45.6 Å². The van der Waals surface area contributed by atoms with E-state index in [0.29, 0.717) is 0 Å². The van der Waals surface area contributed by atoms with Crippen molar-refractivity contribution in [3.8, 4) is 0 Å². The van der Waals surface area contributed by atoms with Gasteiger partial charge in [-0.3, -0.25) is 0 Å². The summed E-state index contributed by atoms with van der Waals surface area (Å²) in [6, 6.07) is 0. The van der Waals surface area contributed by atoms with Gasteiger partial charge in [0.05, 0.1) is 0 Å². The van der Waals surface area contributed by atoms with Crippen LogP contribution in [0.15, 0.2) is 0 Å². The van der Waals surface area contributed by atoms with E-state index in [1.807, 2.05) is 28.4 Å². The molecule has 0 amide bonds. The largest absolute Gasteiger partial charge is 0.397 e. The number of hydrogen-bond acceptors (Lipinski definition) is 4. The Morgan fingerprint density at radius 1 is 0.367 bits per heavy atom. The van der Waals surface area contributed by atoms with Gasteiger partial charge in [0.25, 0.3) is 0 Å². The monoisotopic (exact) mass is 456 g/mol. The van der Waals surface area contributed by atoms with Crippen molar-refractivity contribution in [2.45, 2.75) is 125 Å². The van der Waals surface area contributed by atoms with Crippen molar-refractivity contribution in [1.29, 1.82) is 0 Å². The first-order valence-electron chi connectivity index (χ1n) is 12.9. The average Bonchev–Trinajstić information content (AvgIpc) is 3.61. The summed E-state index contributed by atoms with van der Waals surface area (Å²) in [4.78, 5) is 0. The quantitative estimate of drug-likeness (QED) is 0.361. The molecule has 0 saturated heterocycles. The fourth-order valence-corrected chi connectivity index (χ4v) is 16.7. The van der Waals surface area contributed by atoms with Crippen LogP contribution in [0.4, 0.5) is 0 Å². The second kappa shape index (κ2) is 11.9. The Bertz CT molecular complexity index is 392. The molecule has 0 aliphatic heterocycles. The molecule has 4 saturated carbocycles. The van der Waals surface area contributed by atoms with E-state index >= 15 is 0 Å². The Morgan fingerprint density at radius 3 is 0.667 bits per heavy atom. The van der Waals surface area contributed by atoms with E-state index in [1.165, 1.54) is 103 Å². The third kappa shape index (κ3) is 5.09. The molecule has 0 N–H and O–H groups in total. The van der Waals surface area contributed by atoms with E-state index in [4.69, 9.17) is 17.7 Å². The van der Waals surface area contributed by atoms with Crippen molar-refractivity contribution in [2.75, 3.05) is 28.4 Å². The summed E-state index contributed by atoms with van der Waals surface area (Å²) >= 11 is 0. The zero-order valence-corrected chi connectivity index (χ0v) is 22.3. The molecule has 0 spiro atoms. The number of rotatable bonds is 8. The summed E-state index contributed by atoms with van der Waals surface area (Å²) in [7, 11) is 3.83. The molecule has 4 aliphatic carbocycles. The molecule has 176 valence electrons. The molecule has 0 aromatic rings. The van der Waals surface area contributed by atoms with E-state index in [0.717, 1.165) is 22.2 Å². The highest BCUT2D eigenvalue weighted by Gasteiger charge is 2.53. The van der Waals surface area contributed by atoms with Gasteiger partial charge in [0.15, 0.2) is 0 Å². The molecule has 4 nitrogen and oxygen atoms in total. The van der Waals surface area contributed by atoms with Crippen LogP contribution in [-0.2, 0) is 17.7 Å². The maximum Gasteiger partial charge on any atom is 0.344 e. The molecule has 4 rings (SSSR count). The summed E-state index contributed by atoms with van der Waals surface area (Å²) in [5.74, 6) is 0. The molecule has 0 radical (unpaired) electrons. The molecule has 6 heteroatoms. The molecule has 0 atom stereocenters. The Hall–Kier alpha value is 0.274. The average molecular weight is 457 g/mol. The van der Waals surface area contributed by atoms with Crippen LogP contribution >= 0.6 is 0 Å². The first-order valence-corrected chi connectivity index (χ1v) is 16.8. The van der Waals surface area contributed by atoms with Gasteiger partial charge in [0.2, 0.25) is 0 Å². The first kappa shape index (κ1) is 24.9. The van der Waals surface area contributed by atoms with Crippen LogP contribution in [0.1, 0.15) is 103 Å². The topological polar surface area (TPSA) is 36.9 Å².